The standard InChI is InChI=1S/C21H27N3O2S/c25-19(14-7-3-1-4-8-14)23-21-17(15-9-5-2-6-10-16(15)27-21)20-22-18(24-26-20)13-11-12-13/h13-14H,1-12H2,(H,23,25). The molecule has 6 heteroatoms. The highest BCUT2D eigenvalue weighted by molar-refractivity contribution is 7.17. The number of carbonyl (C=O) groups is 1. The topological polar surface area (TPSA) is 68.0 Å². The number of hydrogen-bond acceptors (Lipinski definition) is 5. The Kier molecular flexibility index (Phi) is 4.76. The monoisotopic (exact) mass is 385 g/mol. The maximum atomic E-state index is 12.9. The van der Waals surface area contributed by atoms with E-state index < -0.39 is 0 Å². The molecule has 5 nitrogen and oxygen atoms in total. The first-order valence-corrected chi connectivity index (χ1v) is 11.4. The van der Waals surface area contributed by atoms with E-state index in [4.69, 9.17) is 9.51 Å². The van der Waals surface area contributed by atoms with Gasteiger partial charge in [-0.05, 0) is 56.9 Å². The highest BCUT2D eigenvalue weighted by Gasteiger charge is 2.32. The van der Waals surface area contributed by atoms with Gasteiger partial charge in [0, 0.05) is 16.7 Å². The Balaban J connectivity index is 1.48. The summed E-state index contributed by atoms with van der Waals surface area (Å²) in [6.07, 6.45) is 13.7. The average molecular weight is 386 g/mol. The molecule has 2 fully saturated rings. The third-order valence-electron chi connectivity index (χ3n) is 6.23. The number of amides is 1. The van der Waals surface area contributed by atoms with Crippen LogP contribution in [0.3, 0.4) is 0 Å². The number of nitrogens with zero attached hydrogens (tertiary/aromatic N) is 2. The normalized spacial score (nSPS) is 20.9. The Morgan fingerprint density at radius 1 is 1.00 bits per heavy atom. The van der Waals surface area contributed by atoms with Crippen molar-refractivity contribution in [2.45, 2.75) is 83.0 Å². The van der Waals surface area contributed by atoms with Crippen LogP contribution in [0.15, 0.2) is 4.52 Å². The minimum Gasteiger partial charge on any atom is -0.334 e. The predicted molar refractivity (Wildman–Crippen MR) is 106 cm³/mol. The highest BCUT2D eigenvalue weighted by Crippen LogP contribution is 2.45. The second kappa shape index (κ2) is 7.38. The number of thiophene rings is 1. The van der Waals surface area contributed by atoms with Crippen molar-refractivity contribution in [3.63, 3.8) is 0 Å². The predicted octanol–water partition coefficient (Wildman–Crippen LogP) is 5.46. The van der Waals surface area contributed by atoms with E-state index >= 15 is 0 Å². The molecule has 144 valence electrons. The van der Waals surface area contributed by atoms with Crippen LogP contribution < -0.4 is 5.32 Å². The van der Waals surface area contributed by atoms with Crippen LogP contribution in [0, 0.1) is 5.92 Å². The Labute approximate surface area is 163 Å². The Bertz CT molecular complexity index is 831. The summed E-state index contributed by atoms with van der Waals surface area (Å²) in [6, 6.07) is 0. The highest BCUT2D eigenvalue weighted by atomic mass is 32.1. The van der Waals surface area contributed by atoms with Gasteiger partial charge >= 0.3 is 0 Å². The Hall–Kier alpha value is -1.69. The molecule has 2 aromatic rings. The van der Waals surface area contributed by atoms with E-state index in [-0.39, 0.29) is 11.8 Å². The molecule has 0 aliphatic heterocycles. The van der Waals surface area contributed by atoms with E-state index in [1.807, 2.05) is 0 Å². The van der Waals surface area contributed by atoms with Crippen molar-refractivity contribution in [3.05, 3.63) is 16.3 Å². The van der Waals surface area contributed by atoms with E-state index in [9.17, 15) is 4.79 Å². The summed E-state index contributed by atoms with van der Waals surface area (Å²) in [5, 5.41) is 8.42. The van der Waals surface area contributed by atoms with Gasteiger partial charge < -0.3 is 9.84 Å². The van der Waals surface area contributed by atoms with E-state index in [1.165, 1.54) is 49.0 Å². The molecule has 0 spiro atoms. The molecule has 1 N–H and O–H groups in total. The number of aromatic nitrogens is 2. The lowest BCUT2D eigenvalue weighted by Gasteiger charge is -2.20. The van der Waals surface area contributed by atoms with Crippen LogP contribution in [0.1, 0.15) is 86.4 Å². The molecular weight excluding hydrogens is 358 g/mol. The van der Waals surface area contributed by atoms with Gasteiger partial charge in [-0.1, -0.05) is 30.8 Å². The number of aryl methyl sites for hydroxylation is 1. The van der Waals surface area contributed by atoms with Crippen LogP contribution in [0.5, 0.6) is 0 Å². The molecule has 0 bridgehead atoms. The van der Waals surface area contributed by atoms with Crippen molar-refractivity contribution in [3.8, 4) is 11.5 Å². The Morgan fingerprint density at radius 2 is 1.78 bits per heavy atom. The fourth-order valence-corrected chi connectivity index (χ4v) is 5.76. The number of nitrogens with one attached hydrogen (secondary N) is 1. The molecule has 2 heterocycles. The van der Waals surface area contributed by atoms with Gasteiger partial charge in [0.1, 0.15) is 5.00 Å². The molecule has 0 unspecified atom stereocenters. The maximum absolute atomic E-state index is 12.9. The van der Waals surface area contributed by atoms with Gasteiger partial charge in [0.25, 0.3) is 5.89 Å². The van der Waals surface area contributed by atoms with Gasteiger partial charge in [-0.15, -0.1) is 11.3 Å². The number of hydrogen-bond donors (Lipinski definition) is 1. The zero-order valence-electron chi connectivity index (χ0n) is 15.8. The molecule has 0 radical (unpaired) electrons. The second-order valence-corrected chi connectivity index (χ2v) is 9.43. The second-order valence-electron chi connectivity index (χ2n) is 8.32. The van der Waals surface area contributed by atoms with Crippen molar-refractivity contribution in [1.29, 1.82) is 0 Å². The molecule has 2 saturated carbocycles. The quantitative estimate of drug-likeness (QED) is 0.709. The molecule has 1 amide bonds. The molecular formula is C21H27N3O2S. The van der Waals surface area contributed by atoms with Gasteiger partial charge in [-0.2, -0.15) is 4.98 Å². The summed E-state index contributed by atoms with van der Waals surface area (Å²) in [4.78, 5) is 19.0. The Morgan fingerprint density at radius 3 is 2.59 bits per heavy atom. The van der Waals surface area contributed by atoms with E-state index in [2.05, 4.69) is 10.5 Å². The molecule has 0 atom stereocenters. The molecule has 3 aliphatic rings. The first kappa shape index (κ1) is 17.4. The van der Waals surface area contributed by atoms with Crippen LogP contribution in [0.4, 0.5) is 5.00 Å². The fraction of sp³-hybridized carbons (Fsp3) is 0.667. The number of rotatable bonds is 4. The molecule has 5 rings (SSSR count). The third kappa shape index (κ3) is 3.56. The third-order valence-corrected chi connectivity index (χ3v) is 7.44. The van der Waals surface area contributed by atoms with Crippen molar-refractivity contribution in [1.82, 2.24) is 10.1 Å². The van der Waals surface area contributed by atoms with Gasteiger partial charge in [-0.25, -0.2) is 0 Å². The number of carbonyl (C=O) groups excluding carboxylic acids is 1. The summed E-state index contributed by atoms with van der Waals surface area (Å²) in [7, 11) is 0. The minimum atomic E-state index is 0.151. The summed E-state index contributed by atoms with van der Waals surface area (Å²) < 4.78 is 5.68. The zero-order valence-corrected chi connectivity index (χ0v) is 16.6. The SMILES string of the molecule is O=C(Nc1sc2c(c1-c1nc(C3CC3)no1)CCCCC2)C1CCCCC1. The zero-order chi connectivity index (χ0) is 18.2. The molecule has 3 aliphatic carbocycles. The number of fused-ring (bicyclic) bond motifs is 1. The lowest BCUT2D eigenvalue weighted by Crippen LogP contribution is -2.24. The van der Waals surface area contributed by atoms with Gasteiger partial charge in [0.15, 0.2) is 5.82 Å². The van der Waals surface area contributed by atoms with Gasteiger partial charge in [0.05, 0.1) is 5.56 Å². The summed E-state index contributed by atoms with van der Waals surface area (Å²) >= 11 is 1.74. The minimum absolute atomic E-state index is 0.151. The largest absolute Gasteiger partial charge is 0.334 e. The lowest BCUT2D eigenvalue weighted by molar-refractivity contribution is -0.120. The summed E-state index contributed by atoms with van der Waals surface area (Å²) in [5.41, 5.74) is 2.35. The molecule has 27 heavy (non-hydrogen) atoms. The van der Waals surface area contributed by atoms with E-state index in [1.54, 1.807) is 11.3 Å². The van der Waals surface area contributed by atoms with Gasteiger partial charge in [-0.3, -0.25) is 4.79 Å². The summed E-state index contributed by atoms with van der Waals surface area (Å²) in [6.45, 7) is 0. The van der Waals surface area contributed by atoms with Crippen molar-refractivity contribution in [2.24, 2.45) is 5.92 Å². The van der Waals surface area contributed by atoms with Gasteiger partial charge in [0.2, 0.25) is 5.91 Å². The molecule has 0 aromatic carbocycles. The smallest absolute Gasteiger partial charge is 0.261 e. The van der Waals surface area contributed by atoms with Crippen molar-refractivity contribution < 1.29 is 9.32 Å². The van der Waals surface area contributed by atoms with Crippen molar-refractivity contribution >= 4 is 22.2 Å². The lowest BCUT2D eigenvalue weighted by atomic mass is 9.88. The van der Waals surface area contributed by atoms with Crippen LogP contribution in [-0.4, -0.2) is 16.0 Å². The van der Waals surface area contributed by atoms with Crippen LogP contribution in [0.2, 0.25) is 0 Å². The van der Waals surface area contributed by atoms with E-state index in [0.29, 0.717) is 11.8 Å². The number of anilines is 1. The molecule has 2 aromatic heterocycles. The maximum Gasteiger partial charge on any atom is 0.261 e. The van der Waals surface area contributed by atoms with Crippen molar-refractivity contribution in [2.75, 3.05) is 5.32 Å². The van der Waals surface area contributed by atoms with Crippen LogP contribution in [-0.2, 0) is 17.6 Å². The van der Waals surface area contributed by atoms with Crippen LogP contribution >= 0.6 is 11.3 Å². The van der Waals surface area contributed by atoms with Crippen LogP contribution in [0.25, 0.3) is 11.5 Å². The first-order chi connectivity index (χ1) is 13.3. The molecule has 0 saturated heterocycles. The average Bonchev–Trinajstić information content (AvgIpc) is 3.40. The fourth-order valence-electron chi connectivity index (χ4n) is 4.48. The van der Waals surface area contributed by atoms with E-state index in [0.717, 1.165) is 54.9 Å². The summed E-state index contributed by atoms with van der Waals surface area (Å²) in [5.74, 6) is 2.24. The first-order valence-electron chi connectivity index (χ1n) is 10.6.